The van der Waals surface area contributed by atoms with Crippen LogP contribution in [0.2, 0.25) is 0 Å². The number of carbonyl (C=O) groups excluding carboxylic acids is 1. The third-order valence-electron chi connectivity index (χ3n) is 7.49. The number of H-pyrrole nitrogens is 1. The molecule has 40 heavy (non-hydrogen) atoms. The van der Waals surface area contributed by atoms with Crippen molar-refractivity contribution in [1.29, 1.82) is 0 Å². The molecular weight excluding hydrogens is 539 g/mol. The average molecular weight is 568 g/mol. The van der Waals surface area contributed by atoms with Crippen LogP contribution in [-0.2, 0) is 23.3 Å². The molecule has 3 aromatic rings. The van der Waals surface area contributed by atoms with Gasteiger partial charge in [0.2, 0.25) is 11.9 Å². The van der Waals surface area contributed by atoms with Crippen LogP contribution in [0.25, 0.3) is 11.0 Å². The Labute approximate surface area is 233 Å². The maximum atomic E-state index is 14.0. The minimum absolute atomic E-state index is 0.00303. The zero-order chi connectivity index (χ0) is 27.9. The Hall–Kier alpha value is -3.57. The lowest BCUT2D eigenvalue weighted by Crippen LogP contribution is -2.57. The number of amides is 1. The number of rotatable bonds is 6. The van der Waals surface area contributed by atoms with Crippen molar-refractivity contribution in [2.75, 3.05) is 18.0 Å². The Morgan fingerprint density at radius 3 is 2.75 bits per heavy atom. The smallest absolute Gasteiger partial charge is 0.392 e. The van der Waals surface area contributed by atoms with Crippen LogP contribution in [0.15, 0.2) is 71.8 Å². The Morgan fingerprint density at radius 2 is 1.98 bits per heavy atom. The van der Waals surface area contributed by atoms with Gasteiger partial charge in [0.15, 0.2) is 5.50 Å². The van der Waals surface area contributed by atoms with Crippen LogP contribution in [0.3, 0.4) is 0 Å². The molecule has 0 spiro atoms. The maximum Gasteiger partial charge on any atom is 0.416 e. The SMILES string of the molecule is O=C1C2CN(c3nc4ccc(C(F)(F)F)cc4[nH]3)CCC2=NC(SCc2cccc(CO)c2)N1C1C=CC=CC1. The van der Waals surface area contributed by atoms with Gasteiger partial charge < -0.3 is 19.9 Å². The molecule has 3 aliphatic rings. The van der Waals surface area contributed by atoms with Crippen LogP contribution < -0.4 is 4.90 Å². The minimum Gasteiger partial charge on any atom is -0.392 e. The maximum absolute atomic E-state index is 14.0. The minimum atomic E-state index is -4.44. The number of aliphatic hydroxyl groups excluding tert-OH is 1. The molecule has 3 unspecified atom stereocenters. The van der Waals surface area contributed by atoms with Gasteiger partial charge in [-0.1, -0.05) is 48.6 Å². The van der Waals surface area contributed by atoms with Gasteiger partial charge in [-0.2, -0.15) is 13.2 Å². The van der Waals surface area contributed by atoms with E-state index in [-0.39, 0.29) is 24.1 Å². The van der Waals surface area contributed by atoms with Gasteiger partial charge in [-0.3, -0.25) is 9.79 Å². The Bertz CT molecular complexity index is 1510. The van der Waals surface area contributed by atoms with Crippen molar-refractivity contribution in [3.05, 3.63) is 83.5 Å². The van der Waals surface area contributed by atoms with E-state index >= 15 is 0 Å². The van der Waals surface area contributed by atoms with Crippen molar-refractivity contribution < 1.29 is 23.1 Å². The normalized spacial score (nSPS) is 23.1. The summed E-state index contributed by atoms with van der Waals surface area (Å²) in [7, 11) is 0. The topological polar surface area (TPSA) is 84.8 Å². The standard InChI is InChI=1S/C29H28F3N5O2S/c30-29(31,32)20-9-10-24-25(14-20)34-27(33-24)36-12-11-23-22(15-36)26(39)37(21-7-2-1-3-8-21)28(35-23)40-17-19-6-4-5-18(13-19)16-38/h1-7,9-10,13-14,21-22,28,38H,8,11-12,15-17H2,(H,33,34). The second-order valence-electron chi connectivity index (χ2n) is 10.1. The molecule has 0 bridgehead atoms. The number of hydrogen-bond acceptors (Lipinski definition) is 6. The van der Waals surface area contributed by atoms with Crippen LogP contribution in [-0.4, -0.2) is 56.2 Å². The van der Waals surface area contributed by atoms with Crippen molar-refractivity contribution in [3.63, 3.8) is 0 Å². The fourth-order valence-electron chi connectivity index (χ4n) is 5.43. The predicted molar refractivity (Wildman–Crippen MR) is 150 cm³/mol. The van der Waals surface area contributed by atoms with E-state index < -0.39 is 17.7 Å². The van der Waals surface area contributed by atoms with Gasteiger partial charge in [0.05, 0.1) is 35.2 Å². The third kappa shape index (κ3) is 5.27. The van der Waals surface area contributed by atoms with Crippen LogP contribution in [0, 0.1) is 5.92 Å². The number of alkyl halides is 3. The fourth-order valence-corrected chi connectivity index (χ4v) is 6.58. The second kappa shape index (κ2) is 10.8. The summed E-state index contributed by atoms with van der Waals surface area (Å²) in [6, 6.07) is 11.1. The van der Waals surface area contributed by atoms with Crippen LogP contribution in [0.1, 0.15) is 29.5 Å². The lowest BCUT2D eigenvalue weighted by atomic mass is 9.91. The number of halogens is 3. The molecule has 1 fully saturated rings. The number of aliphatic imine (C=N–C) groups is 1. The molecule has 0 saturated carbocycles. The van der Waals surface area contributed by atoms with E-state index in [0.717, 1.165) is 29.0 Å². The highest BCUT2D eigenvalue weighted by molar-refractivity contribution is 7.99. The summed E-state index contributed by atoms with van der Waals surface area (Å²) in [6.07, 6.45) is 4.81. The number of nitrogens with one attached hydrogen (secondary N) is 1. The van der Waals surface area contributed by atoms with E-state index in [1.54, 1.807) is 11.8 Å². The first kappa shape index (κ1) is 26.6. The van der Waals surface area contributed by atoms with E-state index in [1.165, 1.54) is 6.07 Å². The molecule has 6 rings (SSSR count). The van der Waals surface area contributed by atoms with Gasteiger partial charge in [0, 0.05) is 31.0 Å². The molecule has 1 aliphatic carbocycles. The first-order chi connectivity index (χ1) is 19.3. The summed E-state index contributed by atoms with van der Waals surface area (Å²) in [6.45, 7) is 0.875. The number of thioether (sulfide) groups is 1. The molecule has 11 heteroatoms. The number of hydrogen-bond donors (Lipinski definition) is 2. The summed E-state index contributed by atoms with van der Waals surface area (Å²) in [5.74, 6) is 0.632. The summed E-state index contributed by atoms with van der Waals surface area (Å²) < 4.78 is 39.6. The van der Waals surface area contributed by atoms with E-state index in [1.807, 2.05) is 58.4 Å². The number of allylic oxidation sites excluding steroid dienone is 2. The van der Waals surface area contributed by atoms with Crippen LogP contribution in [0.4, 0.5) is 19.1 Å². The van der Waals surface area contributed by atoms with Gasteiger partial charge >= 0.3 is 6.18 Å². The van der Waals surface area contributed by atoms with Crippen molar-refractivity contribution in [1.82, 2.24) is 14.9 Å². The molecule has 1 amide bonds. The lowest BCUT2D eigenvalue weighted by Gasteiger charge is -2.44. The number of benzene rings is 2. The highest BCUT2D eigenvalue weighted by Gasteiger charge is 2.43. The molecule has 7 nitrogen and oxygen atoms in total. The zero-order valence-corrected chi connectivity index (χ0v) is 22.3. The predicted octanol–water partition coefficient (Wildman–Crippen LogP) is 5.29. The van der Waals surface area contributed by atoms with E-state index in [9.17, 15) is 23.1 Å². The van der Waals surface area contributed by atoms with Crippen LogP contribution >= 0.6 is 11.8 Å². The van der Waals surface area contributed by atoms with Crippen molar-refractivity contribution in [3.8, 4) is 0 Å². The monoisotopic (exact) mass is 567 g/mol. The molecule has 2 N–H and O–H groups in total. The number of nitrogens with zero attached hydrogens (tertiary/aromatic N) is 4. The highest BCUT2D eigenvalue weighted by Crippen LogP contribution is 2.36. The molecule has 0 radical (unpaired) electrons. The van der Waals surface area contributed by atoms with E-state index in [0.29, 0.717) is 48.7 Å². The van der Waals surface area contributed by atoms with E-state index in [4.69, 9.17) is 4.99 Å². The number of anilines is 1. The summed E-state index contributed by atoms with van der Waals surface area (Å²) in [5, 5.41) is 9.49. The number of aliphatic hydroxyl groups is 1. The van der Waals surface area contributed by atoms with Gasteiger partial charge in [-0.25, -0.2) is 4.98 Å². The molecule has 2 aromatic carbocycles. The Kier molecular flexibility index (Phi) is 7.18. The average Bonchev–Trinajstić information content (AvgIpc) is 3.40. The summed E-state index contributed by atoms with van der Waals surface area (Å²) in [5.41, 5.74) is 2.39. The Morgan fingerprint density at radius 1 is 1.12 bits per heavy atom. The summed E-state index contributed by atoms with van der Waals surface area (Å²) >= 11 is 1.59. The molecule has 1 saturated heterocycles. The van der Waals surface area contributed by atoms with E-state index in [2.05, 4.69) is 9.97 Å². The first-order valence-electron chi connectivity index (χ1n) is 13.1. The first-order valence-corrected chi connectivity index (χ1v) is 14.2. The lowest BCUT2D eigenvalue weighted by molar-refractivity contribution is -0.137. The highest BCUT2D eigenvalue weighted by atomic mass is 32.2. The molecule has 208 valence electrons. The Balaban J connectivity index is 1.25. The quantitative estimate of drug-likeness (QED) is 0.423. The molecule has 3 heterocycles. The second-order valence-corrected chi connectivity index (χ2v) is 11.2. The third-order valence-corrected chi connectivity index (χ3v) is 8.63. The van der Waals surface area contributed by atoms with Crippen molar-refractivity contribution in [2.45, 2.75) is 42.9 Å². The van der Waals surface area contributed by atoms with Gasteiger partial charge in [0.25, 0.3) is 0 Å². The zero-order valence-electron chi connectivity index (χ0n) is 21.5. The molecule has 1 aromatic heterocycles. The van der Waals surface area contributed by atoms with Gasteiger partial charge in [-0.15, -0.1) is 11.8 Å². The molecule has 2 aliphatic heterocycles. The van der Waals surface area contributed by atoms with Gasteiger partial charge in [0.1, 0.15) is 0 Å². The van der Waals surface area contributed by atoms with Crippen molar-refractivity contribution >= 4 is 40.4 Å². The number of carbonyl (C=O) groups is 1. The molecule has 3 atom stereocenters. The number of fused-ring (bicyclic) bond motifs is 2. The largest absolute Gasteiger partial charge is 0.416 e. The number of imidazole rings is 1. The van der Waals surface area contributed by atoms with Gasteiger partial charge in [-0.05, 0) is 35.7 Å². The number of aromatic nitrogens is 2. The number of aromatic amines is 1. The van der Waals surface area contributed by atoms with Crippen LogP contribution in [0.5, 0.6) is 0 Å². The summed E-state index contributed by atoms with van der Waals surface area (Å²) in [4.78, 5) is 30.5. The number of piperidine rings is 1. The molecular formula is C29H28F3N5O2S. The van der Waals surface area contributed by atoms with Crippen molar-refractivity contribution in [2.24, 2.45) is 10.9 Å². The fraction of sp³-hybridized carbons (Fsp3) is 0.345.